The van der Waals surface area contributed by atoms with E-state index in [-0.39, 0.29) is 5.91 Å². The van der Waals surface area contributed by atoms with E-state index in [0.717, 1.165) is 31.2 Å². The molecule has 0 spiro atoms. The van der Waals surface area contributed by atoms with Crippen molar-refractivity contribution < 1.29 is 4.79 Å². The molecule has 0 unspecified atom stereocenters. The van der Waals surface area contributed by atoms with Gasteiger partial charge in [0.1, 0.15) is 0 Å². The third-order valence-corrected chi connectivity index (χ3v) is 4.20. The molecule has 0 aliphatic carbocycles. The molecule has 1 aromatic carbocycles. The summed E-state index contributed by atoms with van der Waals surface area (Å²) in [6, 6.07) is 10.4. The predicted molar refractivity (Wildman–Crippen MR) is 83.8 cm³/mol. The first kappa shape index (κ1) is 14.8. The smallest absolute Gasteiger partial charge is 0.254 e. The van der Waals surface area contributed by atoms with Crippen LogP contribution >= 0.6 is 0 Å². The molecule has 0 N–H and O–H groups in total. The highest BCUT2D eigenvalue weighted by Gasteiger charge is 2.35. The summed E-state index contributed by atoms with van der Waals surface area (Å²) in [7, 11) is 0. The van der Waals surface area contributed by atoms with Gasteiger partial charge in [-0.2, -0.15) is 0 Å². The van der Waals surface area contributed by atoms with Crippen LogP contribution in [0.15, 0.2) is 43.0 Å². The lowest BCUT2D eigenvalue weighted by Gasteiger charge is -2.30. The minimum Gasteiger partial charge on any atom is -0.332 e. The number of carbonyl (C=O) groups is 1. The zero-order valence-electron chi connectivity index (χ0n) is 12.4. The number of likely N-dealkylation sites (tertiary alicyclic amines) is 1. The maximum atomic E-state index is 12.8. The highest BCUT2D eigenvalue weighted by atomic mass is 16.2. The monoisotopic (exact) mass is 271 g/mol. The Kier molecular flexibility index (Phi) is 5.40. The lowest BCUT2D eigenvalue weighted by Crippen LogP contribution is -2.41. The van der Waals surface area contributed by atoms with Gasteiger partial charge in [0.05, 0.1) is 0 Å². The van der Waals surface area contributed by atoms with Crippen molar-refractivity contribution in [3.8, 4) is 0 Å². The van der Waals surface area contributed by atoms with Crippen LogP contribution in [0.25, 0.3) is 0 Å². The molecule has 2 atom stereocenters. The molecular formula is C18H25NO. The number of nitrogens with zero attached hydrogens (tertiary/aromatic N) is 1. The summed E-state index contributed by atoms with van der Waals surface area (Å²) in [6.45, 7) is 6.05. The van der Waals surface area contributed by atoms with Crippen molar-refractivity contribution in [1.29, 1.82) is 0 Å². The Morgan fingerprint density at radius 1 is 1.30 bits per heavy atom. The van der Waals surface area contributed by atoms with E-state index in [1.807, 2.05) is 36.4 Å². The first-order valence-corrected chi connectivity index (χ1v) is 7.76. The molecule has 1 aliphatic rings. The fourth-order valence-electron chi connectivity index (χ4n) is 3.17. The zero-order chi connectivity index (χ0) is 14.4. The minimum absolute atomic E-state index is 0.191. The van der Waals surface area contributed by atoms with E-state index < -0.39 is 0 Å². The standard InChI is InChI=1S/C18H25NO/c1-3-5-12-17-14-13-16(9-4-2)19(17)18(20)15-10-7-6-8-11-15/h4,6-8,10-11,16-17H,2-3,5,9,12-14H2,1H3/t16-,17-/m0/s1. The summed E-state index contributed by atoms with van der Waals surface area (Å²) in [5.41, 5.74) is 0.810. The van der Waals surface area contributed by atoms with Gasteiger partial charge in [-0.25, -0.2) is 0 Å². The predicted octanol–water partition coefficient (Wildman–Crippen LogP) is 4.43. The van der Waals surface area contributed by atoms with Crippen LogP contribution in [0.5, 0.6) is 0 Å². The number of carbonyl (C=O) groups excluding carboxylic acids is 1. The summed E-state index contributed by atoms with van der Waals surface area (Å²) in [6.07, 6.45) is 8.61. The van der Waals surface area contributed by atoms with Crippen molar-refractivity contribution in [1.82, 2.24) is 4.90 Å². The maximum absolute atomic E-state index is 12.8. The van der Waals surface area contributed by atoms with Crippen molar-refractivity contribution >= 4 is 5.91 Å². The Balaban J connectivity index is 2.16. The van der Waals surface area contributed by atoms with Crippen LogP contribution in [0.3, 0.4) is 0 Å². The third kappa shape index (κ3) is 3.30. The molecule has 1 amide bonds. The van der Waals surface area contributed by atoms with Crippen LogP contribution in [-0.4, -0.2) is 22.9 Å². The fourth-order valence-corrected chi connectivity index (χ4v) is 3.17. The molecule has 20 heavy (non-hydrogen) atoms. The summed E-state index contributed by atoms with van der Waals surface area (Å²) >= 11 is 0. The SMILES string of the molecule is C=CC[C@H]1CC[C@H](CCCC)N1C(=O)c1ccccc1. The Hall–Kier alpha value is -1.57. The molecule has 108 valence electrons. The average molecular weight is 271 g/mol. The first-order chi connectivity index (χ1) is 9.77. The van der Waals surface area contributed by atoms with Crippen molar-refractivity contribution in [3.63, 3.8) is 0 Å². The molecule has 2 rings (SSSR count). The molecule has 1 heterocycles. The van der Waals surface area contributed by atoms with E-state index in [1.165, 1.54) is 12.8 Å². The quantitative estimate of drug-likeness (QED) is 0.701. The van der Waals surface area contributed by atoms with Gasteiger partial charge in [-0.15, -0.1) is 6.58 Å². The van der Waals surface area contributed by atoms with Crippen LogP contribution in [0.1, 0.15) is 55.8 Å². The maximum Gasteiger partial charge on any atom is 0.254 e. The minimum atomic E-state index is 0.191. The Labute approximate surface area is 122 Å². The molecular weight excluding hydrogens is 246 g/mol. The van der Waals surface area contributed by atoms with Crippen LogP contribution in [-0.2, 0) is 0 Å². The van der Waals surface area contributed by atoms with Gasteiger partial charge in [0, 0.05) is 17.6 Å². The largest absolute Gasteiger partial charge is 0.332 e. The van der Waals surface area contributed by atoms with Gasteiger partial charge < -0.3 is 4.90 Å². The average Bonchev–Trinajstić information content (AvgIpc) is 2.88. The van der Waals surface area contributed by atoms with Crippen molar-refractivity contribution in [2.75, 3.05) is 0 Å². The topological polar surface area (TPSA) is 20.3 Å². The molecule has 0 radical (unpaired) electrons. The third-order valence-electron chi connectivity index (χ3n) is 4.20. The number of benzene rings is 1. The van der Waals surface area contributed by atoms with Crippen molar-refractivity contribution in [2.45, 2.75) is 57.5 Å². The molecule has 0 bridgehead atoms. The normalized spacial score (nSPS) is 21.9. The van der Waals surface area contributed by atoms with Gasteiger partial charge >= 0.3 is 0 Å². The summed E-state index contributed by atoms with van der Waals surface area (Å²) < 4.78 is 0. The molecule has 2 nitrogen and oxygen atoms in total. The molecule has 2 heteroatoms. The molecule has 1 fully saturated rings. The summed E-state index contributed by atoms with van der Waals surface area (Å²) in [5, 5.41) is 0. The second-order valence-electron chi connectivity index (χ2n) is 5.63. The Morgan fingerprint density at radius 3 is 2.65 bits per heavy atom. The molecule has 1 aromatic rings. The summed E-state index contributed by atoms with van der Waals surface area (Å²) in [5.74, 6) is 0.191. The van der Waals surface area contributed by atoms with E-state index in [0.29, 0.717) is 12.1 Å². The van der Waals surface area contributed by atoms with Crippen LogP contribution in [0.2, 0.25) is 0 Å². The van der Waals surface area contributed by atoms with E-state index in [9.17, 15) is 4.79 Å². The van der Waals surface area contributed by atoms with Gasteiger partial charge in [0.15, 0.2) is 0 Å². The Morgan fingerprint density at radius 2 is 2.00 bits per heavy atom. The molecule has 1 saturated heterocycles. The second kappa shape index (κ2) is 7.28. The summed E-state index contributed by atoms with van der Waals surface area (Å²) in [4.78, 5) is 14.9. The molecule has 1 aliphatic heterocycles. The number of unbranched alkanes of at least 4 members (excludes halogenated alkanes) is 1. The van der Waals surface area contributed by atoms with E-state index in [2.05, 4.69) is 18.4 Å². The van der Waals surface area contributed by atoms with E-state index in [1.54, 1.807) is 0 Å². The van der Waals surface area contributed by atoms with Crippen LogP contribution < -0.4 is 0 Å². The lowest BCUT2D eigenvalue weighted by molar-refractivity contribution is 0.0659. The van der Waals surface area contributed by atoms with E-state index >= 15 is 0 Å². The van der Waals surface area contributed by atoms with E-state index in [4.69, 9.17) is 0 Å². The van der Waals surface area contributed by atoms with Gasteiger partial charge in [0.2, 0.25) is 0 Å². The number of rotatable bonds is 6. The zero-order valence-corrected chi connectivity index (χ0v) is 12.4. The highest BCUT2D eigenvalue weighted by Crippen LogP contribution is 2.31. The van der Waals surface area contributed by atoms with Crippen molar-refractivity contribution in [3.05, 3.63) is 48.6 Å². The second-order valence-corrected chi connectivity index (χ2v) is 5.63. The van der Waals surface area contributed by atoms with Crippen LogP contribution in [0.4, 0.5) is 0 Å². The molecule has 0 saturated carbocycles. The lowest BCUT2D eigenvalue weighted by atomic mass is 10.1. The number of hydrogen-bond donors (Lipinski definition) is 0. The van der Waals surface area contributed by atoms with Gasteiger partial charge in [-0.1, -0.05) is 44.0 Å². The number of amides is 1. The van der Waals surface area contributed by atoms with Crippen molar-refractivity contribution in [2.24, 2.45) is 0 Å². The Bertz CT molecular complexity index is 440. The van der Waals surface area contributed by atoms with Gasteiger partial charge in [-0.3, -0.25) is 4.79 Å². The fraction of sp³-hybridized carbons (Fsp3) is 0.500. The van der Waals surface area contributed by atoms with Gasteiger partial charge in [0.25, 0.3) is 5.91 Å². The van der Waals surface area contributed by atoms with Crippen LogP contribution in [0, 0.1) is 0 Å². The molecule has 0 aromatic heterocycles. The highest BCUT2D eigenvalue weighted by molar-refractivity contribution is 5.94. The van der Waals surface area contributed by atoms with Gasteiger partial charge in [-0.05, 0) is 37.8 Å². The first-order valence-electron chi connectivity index (χ1n) is 7.76. The number of hydrogen-bond acceptors (Lipinski definition) is 1.